The van der Waals surface area contributed by atoms with Crippen molar-refractivity contribution in [2.24, 2.45) is 0 Å². The van der Waals surface area contributed by atoms with Crippen molar-refractivity contribution in [1.82, 2.24) is 9.97 Å². The molecule has 5 nitrogen and oxygen atoms in total. The van der Waals surface area contributed by atoms with Gasteiger partial charge < -0.3 is 9.64 Å². The monoisotopic (exact) mass is 277 g/mol. The Balaban J connectivity index is 2.15. The van der Waals surface area contributed by atoms with Gasteiger partial charge in [0.05, 0.1) is 29.4 Å². The van der Waals surface area contributed by atoms with Crippen LogP contribution in [0.15, 0.2) is 24.4 Å². The summed E-state index contributed by atoms with van der Waals surface area (Å²) >= 11 is 1.37. The van der Waals surface area contributed by atoms with Crippen molar-refractivity contribution in [2.45, 2.75) is 13.2 Å². The van der Waals surface area contributed by atoms with Crippen molar-refractivity contribution in [1.29, 1.82) is 0 Å². The Labute approximate surface area is 115 Å². The quantitative estimate of drug-likeness (QED) is 0.757. The minimum Gasteiger partial charge on any atom is -0.378 e. The van der Waals surface area contributed by atoms with E-state index in [4.69, 9.17) is 4.74 Å². The fourth-order valence-electron chi connectivity index (χ4n) is 1.65. The van der Waals surface area contributed by atoms with Gasteiger partial charge in [0.2, 0.25) is 0 Å². The zero-order valence-corrected chi connectivity index (χ0v) is 11.7. The van der Waals surface area contributed by atoms with Crippen LogP contribution in [-0.4, -0.2) is 30.4 Å². The van der Waals surface area contributed by atoms with Crippen LogP contribution in [0.1, 0.15) is 21.1 Å². The maximum Gasteiger partial charge on any atom is 0.186 e. The number of thiazole rings is 1. The first-order valence-electron chi connectivity index (χ1n) is 5.79. The smallest absolute Gasteiger partial charge is 0.186 e. The number of carbonyl (C=O) groups is 1. The Morgan fingerprint density at radius 1 is 1.47 bits per heavy atom. The van der Waals surface area contributed by atoms with Gasteiger partial charge in [-0.1, -0.05) is 17.4 Å². The molecule has 0 amide bonds. The molecule has 0 aromatic carbocycles. The molecular formula is C13H15N3O2S. The van der Waals surface area contributed by atoms with Crippen LogP contribution >= 0.6 is 11.3 Å². The lowest BCUT2D eigenvalue weighted by atomic mass is 10.3. The van der Waals surface area contributed by atoms with Crippen LogP contribution in [0.5, 0.6) is 0 Å². The summed E-state index contributed by atoms with van der Waals surface area (Å²) in [7, 11) is 3.52. The van der Waals surface area contributed by atoms with Crippen molar-refractivity contribution in [3.63, 3.8) is 0 Å². The number of hydrogen-bond donors (Lipinski definition) is 0. The van der Waals surface area contributed by atoms with E-state index in [9.17, 15) is 4.79 Å². The highest BCUT2D eigenvalue weighted by molar-refractivity contribution is 7.17. The fourth-order valence-corrected chi connectivity index (χ4v) is 2.49. The van der Waals surface area contributed by atoms with Gasteiger partial charge in [0.15, 0.2) is 11.4 Å². The van der Waals surface area contributed by atoms with Crippen molar-refractivity contribution < 1.29 is 9.53 Å². The second-order valence-electron chi connectivity index (χ2n) is 4.04. The topological polar surface area (TPSA) is 55.3 Å². The lowest BCUT2D eigenvalue weighted by molar-refractivity contribution is 0.112. The molecule has 0 saturated heterocycles. The van der Waals surface area contributed by atoms with Gasteiger partial charge >= 0.3 is 0 Å². The van der Waals surface area contributed by atoms with E-state index >= 15 is 0 Å². The highest BCUT2D eigenvalue weighted by Gasteiger charge is 2.13. The summed E-state index contributed by atoms with van der Waals surface area (Å²) in [4.78, 5) is 22.3. The molecule has 0 aliphatic heterocycles. The van der Waals surface area contributed by atoms with E-state index in [1.807, 2.05) is 30.1 Å². The molecule has 0 fully saturated rings. The van der Waals surface area contributed by atoms with E-state index in [1.54, 1.807) is 13.3 Å². The summed E-state index contributed by atoms with van der Waals surface area (Å²) in [6.45, 7) is 1.00. The number of carbonyl (C=O) groups excluding carboxylic acids is 1. The first-order valence-corrected chi connectivity index (χ1v) is 6.61. The maximum atomic E-state index is 11.0. The van der Waals surface area contributed by atoms with Gasteiger partial charge in [-0.15, -0.1) is 0 Å². The summed E-state index contributed by atoms with van der Waals surface area (Å²) < 4.78 is 5.04. The number of aromatic nitrogens is 2. The number of pyridine rings is 1. The fraction of sp³-hybridized carbons (Fsp3) is 0.308. The van der Waals surface area contributed by atoms with Gasteiger partial charge in [-0.25, -0.2) is 4.98 Å². The van der Waals surface area contributed by atoms with Crippen LogP contribution in [0.3, 0.4) is 0 Å². The molecule has 0 aliphatic carbocycles. The van der Waals surface area contributed by atoms with Gasteiger partial charge in [-0.2, -0.15) is 0 Å². The zero-order chi connectivity index (χ0) is 13.7. The Bertz CT molecular complexity index is 542. The maximum absolute atomic E-state index is 11.0. The van der Waals surface area contributed by atoms with Gasteiger partial charge in [-0.3, -0.25) is 9.78 Å². The van der Waals surface area contributed by atoms with Gasteiger partial charge in [0.25, 0.3) is 0 Å². The van der Waals surface area contributed by atoms with Crippen LogP contribution in [0.2, 0.25) is 0 Å². The minimum atomic E-state index is 0.349. The van der Waals surface area contributed by atoms with E-state index in [0.717, 1.165) is 17.1 Å². The highest BCUT2D eigenvalue weighted by atomic mass is 32.1. The molecule has 2 heterocycles. The SMILES string of the molecule is COCc1nc(N(C)Cc2ccccn2)sc1C=O. The summed E-state index contributed by atoms with van der Waals surface area (Å²) in [5.41, 5.74) is 1.64. The molecule has 0 radical (unpaired) electrons. The number of methoxy groups -OCH3 is 1. The van der Waals surface area contributed by atoms with Crippen molar-refractivity contribution in [3.05, 3.63) is 40.7 Å². The molecule has 2 aromatic heterocycles. The predicted molar refractivity (Wildman–Crippen MR) is 74.6 cm³/mol. The number of hydrogen-bond acceptors (Lipinski definition) is 6. The molecule has 0 atom stereocenters. The first kappa shape index (κ1) is 13.6. The summed E-state index contributed by atoms with van der Waals surface area (Å²) in [5.74, 6) is 0. The van der Waals surface area contributed by atoms with Crippen LogP contribution in [0.25, 0.3) is 0 Å². The Hall–Kier alpha value is -1.79. The minimum absolute atomic E-state index is 0.349. The molecule has 0 spiro atoms. The van der Waals surface area contributed by atoms with Gasteiger partial charge in [-0.05, 0) is 12.1 Å². The molecule has 0 bridgehead atoms. The second-order valence-corrected chi connectivity index (χ2v) is 5.04. The average Bonchev–Trinajstić information content (AvgIpc) is 2.83. The molecule has 6 heteroatoms. The lowest BCUT2D eigenvalue weighted by Crippen LogP contribution is -2.16. The van der Waals surface area contributed by atoms with E-state index in [-0.39, 0.29) is 0 Å². The second kappa shape index (κ2) is 6.40. The standard InChI is InChI=1S/C13H15N3O2S/c1-16(7-10-5-3-4-6-14-10)13-15-11(9-18-2)12(8-17)19-13/h3-6,8H,7,9H2,1-2H3. The van der Waals surface area contributed by atoms with Crippen LogP contribution in [-0.2, 0) is 17.9 Å². The Morgan fingerprint density at radius 3 is 2.95 bits per heavy atom. The molecule has 2 aromatic rings. The molecule has 19 heavy (non-hydrogen) atoms. The Morgan fingerprint density at radius 2 is 2.32 bits per heavy atom. The van der Waals surface area contributed by atoms with E-state index in [2.05, 4.69) is 9.97 Å². The molecule has 0 saturated carbocycles. The molecule has 0 unspecified atom stereocenters. The largest absolute Gasteiger partial charge is 0.378 e. The third-order valence-corrected chi connectivity index (χ3v) is 3.69. The molecule has 0 N–H and O–H groups in total. The highest BCUT2D eigenvalue weighted by Crippen LogP contribution is 2.25. The normalized spacial score (nSPS) is 10.4. The summed E-state index contributed by atoms with van der Waals surface area (Å²) in [6.07, 6.45) is 2.59. The summed E-state index contributed by atoms with van der Waals surface area (Å²) in [5, 5.41) is 0.791. The van der Waals surface area contributed by atoms with Crippen molar-refractivity contribution in [2.75, 3.05) is 19.1 Å². The number of aldehydes is 1. The lowest BCUT2D eigenvalue weighted by Gasteiger charge is -2.14. The summed E-state index contributed by atoms with van der Waals surface area (Å²) in [6, 6.07) is 5.79. The van der Waals surface area contributed by atoms with Crippen molar-refractivity contribution in [3.8, 4) is 0 Å². The number of ether oxygens (including phenoxy) is 1. The third kappa shape index (κ3) is 3.36. The zero-order valence-electron chi connectivity index (χ0n) is 10.9. The van der Waals surface area contributed by atoms with Gasteiger partial charge in [0, 0.05) is 20.4 Å². The Kier molecular flexibility index (Phi) is 4.59. The molecule has 0 aliphatic rings. The van der Waals surface area contributed by atoms with Crippen molar-refractivity contribution >= 4 is 22.8 Å². The number of rotatable bonds is 6. The van der Waals surface area contributed by atoms with Crippen LogP contribution < -0.4 is 4.90 Å². The molecular weight excluding hydrogens is 262 g/mol. The van der Waals surface area contributed by atoms with E-state index in [0.29, 0.717) is 23.7 Å². The van der Waals surface area contributed by atoms with Gasteiger partial charge in [0.1, 0.15) is 0 Å². The number of anilines is 1. The first-order chi connectivity index (χ1) is 9.24. The molecule has 100 valence electrons. The predicted octanol–water partition coefficient (Wildman–Crippen LogP) is 2.13. The van der Waals surface area contributed by atoms with Crippen LogP contribution in [0, 0.1) is 0 Å². The van der Waals surface area contributed by atoms with Crippen LogP contribution in [0.4, 0.5) is 5.13 Å². The average molecular weight is 277 g/mol. The third-order valence-electron chi connectivity index (χ3n) is 2.56. The van der Waals surface area contributed by atoms with E-state index < -0.39 is 0 Å². The number of nitrogens with zero attached hydrogens (tertiary/aromatic N) is 3. The van der Waals surface area contributed by atoms with E-state index in [1.165, 1.54) is 11.3 Å². The molecule has 2 rings (SSSR count).